The van der Waals surface area contributed by atoms with Crippen molar-refractivity contribution >= 4 is 22.4 Å². The van der Waals surface area contributed by atoms with Crippen LogP contribution in [-0.2, 0) is 19.6 Å². The van der Waals surface area contributed by atoms with Gasteiger partial charge in [0.2, 0.25) is 0 Å². The third kappa shape index (κ3) is 6.19. The summed E-state index contributed by atoms with van der Waals surface area (Å²) in [6.07, 6.45) is 6.57. The Morgan fingerprint density at radius 1 is 1.12 bits per heavy atom. The summed E-state index contributed by atoms with van der Waals surface area (Å²) < 4.78 is 34.7. The Bertz CT molecular complexity index is 1200. The number of hydrogen-bond acceptors (Lipinski definition) is 6. The van der Waals surface area contributed by atoms with Gasteiger partial charge in [-0.15, -0.1) is 16.4 Å². The van der Waals surface area contributed by atoms with Crippen molar-refractivity contribution in [3.63, 3.8) is 0 Å². The number of nitrogens with one attached hydrogen (secondary N) is 1. The molecule has 4 aromatic rings. The van der Waals surface area contributed by atoms with Gasteiger partial charge in [-0.3, -0.25) is 14.8 Å². The largest absolute Gasteiger partial charge is 0.487 e. The zero-order valence-electron chi connectivity index (χ0n) is 17.6. The second kappa shape index (κ2) is 10.8. The molecule has 2 aromatic heterocycles. The van der Waals surface area contributed by atoms with E-state index in [1.54, 1.807) is 11.6 Å². The van der Waals surface area contributed by atoms with E-state index in [-0.39, 0.29) is 17.3 Å². The highest BCUT2D eigenvalue weighted by molar-refractivity contribution is 7.13. The molecule has 2 heterocycles. The number of unbranched alkanes of at least 4 members (excludes halogenated alkanes) is 1. The molecule has 10 heteroatoms. The molecule has 0 atom stereocenters. The Morgan fingerprint density at radius 2 is 1.97 bits per heavy atom. The highest BCUT2D eigenvalue weighted by Crippen LogP contribution is 2.20. The Morgan fingerprint density at radius 3 is 2.76 bits per heavy atom. The number of nitrogens with zero attached hydrogens (tertiary/aromatic N) is 4. The molecule has 0 saturated heterocycles. The third-order valence-corrected chi connectivity index (χ3v) is 5.66. The molecular formula is C23H21F2N5O2S. The van der Waals surface area contributed by atoms with Gasteiger partial charge in [0.1, 0.15) is 12.4 Å². The van der Waals surface area contributed by atoms with Crippen molar-refractivity contribution < 1.29 is 18.3 Å². The summed E-state index contributed by atoms with van der Waals surface area (Å²) in [5.41, 5.74) is 1.47. The van der Waals surface area contributed by atoms with Crippen LogP contribution < -0.4 is 10.1 Å². The molecule has 4 rings (SSSR count). The van der Waals surface area contributed by atoms with Gasteiger partial charge in [0.05, 0.1) is 17.5 Å². The van der Waals surface area contributed by atoms with Gasteiger partial charge in [0, 0.05) is 18.1 Å². The van der Waals surface area contributed by atoms with Crippen molar-refractivity contribution in [3.05, 3.63) is 88.7 Å². The van der Waals surface area contributed by atoms with Crippen LogP contribution in [0, 0.1) is 11.6 Å². The predicted octanol–water partition coefficient (Wildman–Crippen LogP) is 4.87. The van der Waals surface area contributed by atoms with Crippen LogP contribution in [0.25, 0.3) is 0 Å². The number of halogens is 2. The van der Waals surface area contributed by atoms with Crippen molar-refractivity contribution in [2.24, 2.45) is 0 Å². The smallest absolute Gasteiger partial charge is 0.260 e. The number of carbonyl (C=O) groups excluding carboxylic acids is 1. The lowest BCUT2D eigenvalue weighted by atomic mass is 10.1. The van der Waals surface area contributed by atoms with E-state index in [1.807, 2.05) is 35.1 Å². The second-order valence-corrected chi connectivity index (χ2v) is 8.11. The highest BCUT2D eigenvalue weighted by atomic mass is 32.1. The molecule has 1 amide bonds. The molecule has 0 bridgehead atoms. The minimum atomic E-state index is -1.19. The van der Waals surface area contributed by atoms with Crippen LogP contribution in [0.5, 0.6) is 5.75 Å². The number of amides is 1. The summed E-state index contributed by atoms with van der Waals surface area (Å²) in [6.45, 7) is 1.08. The zero-order valence-corrected chi connectivity index (χ0v) is 18.4. The molecule has 0 radical (unpaired) electrons. The molecule has 0 fully saturated rings. The molecule has 7 nitrogen and oxygen atoms in total. The third-order valence-electron chi connectivity index (χ3n) is 4.85. The van der Waals surface area contributed by atoms with Gasteiger partial charge in [0.15, 0.2) is 16.8 Å². The Hall–Kier alpha value is -3.66. The number of thiazole rings is 1. The van der Waals surface area contributed by atoms with E-state index in [2.05, 4.69) is 20.6 Å². The maximum atomic E-state index is 13.8. The normalized spacial score (nSPS) is 10.8. The van der Waals surface area contributed by atoms with Crippen molar-refractivity contribution in [1.29, 1.82) is 0 Å². The van der Waals surface area contributed by atoms with Gasteiger partial charge in [-0.05, 0) is 49.1 Å². The van der Waals surface area contributed by atoms with E-state index in [1.165, 1.54) is 29.0 Å². The van der Waals surface area contributed by atoms with Crippen LogP contribution in [-0.4, -0.2) is 25.9 Å². The maximum Gasteiger partial charge on any atom is 0.260 e. The summed E-state index contributed by atoms with van der Waals surface area (Å²) in [7, 11) is 0. The first-order valence-corrected chi connectivity index (χ1v) is 11.2. The van der Waals surface area contributed by atoms with Crippen molar-refractivity contribution in [2.75, 3.05) is 5.32 Å². The van der Waals surface area contributed by atoms with Crippen LogP contribution >= 0.6 is 11.3 Å². The van der Waals surface area contributed by atoms with Gasteiger partial charge in [-0.2, -0.15) is 0 Å². The number of rotatable bonds is 10. The number of aromatic nitrogens is 4. The standard InChI is InChI=1S/C23H21F2N5O2S/c24-20-6-3-5-19(21(20)25)22(31)28-23-27-17(15-33-23)14-32-18-9-7-16(8-10-18)4-1-2-12-30-13-11-26-29-30/h3,5-11,13,15H,1-2,4,12,14H2,(H,27,28,31). The van der Waals surface area contributed by atoms with Crippen LogP contribution in [0.3, 0.4) is 0 Å². The summed E-state index contributed by atoms with van der Waals surface area (Å²) in [5, 5.41) is 12.2. The highest BCUT2D eigenvalue weighted by Gasteiger charge is 2.16. The zero-order chi connectivity index (χ0) is 23.0. The maximum absolute atomic E-state index is 13.8. The summed E-state index contributed by atoms with van der Waals surface area (Å²) in [5.74, 6) is -2.31. The van der Waals surface area contributed by atoms with E-state index in [0.717, 1.165) is 31.9 Å². The fraction of sp³-hybridized carbons (Fsp3) is 0.217. The van der Waals surface area contributed by atoms with E-state index in [9.17, 15) is 13.6 Å². The monoisotopic (exact) mass is 469 g/mol. The number of ether oxygens (including phenoxy) is 1. The summed E-state index contributed by atoms with van der Waals surface area (Å²) >= 11 is 1.18. The Labute approximate surface area is 193 Å². The molecular weight excluding hydrogens is 448 g/mol. The molecule has 0 unspecified atom stereocenters. The van der Waals surface area contributed by atoms with E-state index in [0.29, 0.717) is 11.4 Å². The van der Waals surface area contributed by atoms with E-state index >= 15 is 0 Å². The summed E-state index contributed by atoms with van der Waals surface area (Å²) in [4.78, 5) is 16.4. The number of anilines is 1. The fourth-order valence-electron chi connectivity index (χ4n) is 3.14. The van der Waals surface area contributed by atoms with Gasteiger partial charge in [-0.1, -0.05) is 23.4 Å². The van der Waals surface area contributed by atoms with E-state index in [4.69, 9.17) is 4.74 Å². The van der Waals surface area contributed by atoms with Gasteiger partial charge in [0.25, 0.3) is 5.91 Å². The first-order valence-electron chi connectivity index (χ1n) is 10.3. The van der Waals surface area contributed by atoms with Gasteiger partial charge in [-0.25, -0.2) is 13.8 Å². The fourth-order valence-corrected chi connectivity index (χ4v) is 3.83. The van der Waals surface area contributed by atoms with Crippen LogP contribution in [0.1, 0.15) is 34.5 Å². The summed E-state index contributed by atoms with van der Waals surface area (Å²) in [6, 6.07) is 11.3. The number of hydrogen-bond donors (Lipinski definition) is 1. The Kier molecular flexibility index (Phi) is 7.36. The number of carbonyl (C=O) groups is 1. The average molecular weight is 470 g/mol. The number of aryl methyl sites for hydroxylation is 2. The lowest BCUT2D eigenvalue weighted by molar-refractivity contribution is 0.102. The molecule has 0 saturated carbocycles. The first-order chi connectivity index (χ1) is 16.1. The van der Waals surface area contributed by atoms with Crippen LogP contribution in [0.15, 0.2) is 60.2 Å². The molecule has 0 aliphatic rings. The topological polar surface area (TPSA) is 81.9 Å². The Balaban J connectivity index is 1.22. The molecule has 2 aromatic carbocycles. The van der Waals surface area contributed by atoms with Gasteiger partial charge >= 0.3 is 0 Å². The van der Waals surface area contributed by atoms with Crippen LogP contribution in [0.2, 0.25) is 0 Å². The number of benzene rings is 2. The average Bonchev–Trinajstić information content (AvgIpc) is 3.50. The van der Waals surface area contributed by atoms with Gasteiger partial charge < -0.3 is 4.74 Å². The quantitative estimate of drug-likeness (QED) is 0.335. The second-order valence-electron chi connectivity index (χ2n) is 7.26. The molecule has 170 valence electrons. The molecule has 33 heavy (non-hydrogen) atoms. The SMILES string of the molecule is O=C(Nc1nc(COc2ccc(CCCCn3ccnn3)cc2)cs1)c1cccc(F)c1F. The minimum Gasteiger partial charge on any atom is -0.487 e. The minimum absolute atomic E-state index is 0.220. The lowest BCUT2D eigenvalue weighted by Gasteiger charge is -2.06. The molecule has 0 aliphatic carbocycles. The van der Waals surface area contributed by atoms with E-state index < -0.39 is 17.5 Å². The predicted molar refractivity (Wildman–Crippen MR) is 120 cm³/mol. The molecule has 0 spiro atoms. The lowest BCUT2D eigenvalue weighted by Crippen LogP contribution is -2.14. The first kappa shape index (κ1) is 22.5. The van der Waals surface area contributed by atoms with Crippen molar-refractivity contribution in [2.45, 2.75) is 32.4 Å². The molecule has 1 N–H and O–H groups in total. The van der Waals surface area contributed by atoms with Crippen molar-refractivity contribution in [3.8, 4) is 5.75 Å². The van der Waals surface area contributed by atoms with Crippen molar-refractivity contribution in [1.82, 2.24) is 20.0 Å². The molecule has 0 aliphatic heterocycles. The van der Waals surface area contributed by atoms with Crippen LogP contribution in [0.4, 0.5) is 13.9 Å².